The molecule has 4 rings (SSSR count). The van der Waals surface area contributed by atoms with E-state index in [1.165, 1.54) is 17.8 Å². The summed E-state index contributed by atoms with van der Waals surface area (Å²) in [5, 5.41) is 5.88. The molecule has 0 spiro atoms. The van der Waals surface area contributed by atoms with Crippen LogP contribution in [0.1, 0.15) is 23.3 Å². The molecule has 25 heavy (non-hydrogen) atoms. The van der Waals surface area contributed by atoms with Crippen molar-refractivity contribution in [3.05, 3.63) is 29.3 Å². The fourth-order valence-corrected chi connectivity index (χ4v) is 4.19. The summed E-state index contributed by atoms with van der Waals surface area (Å²) in [4.78, 5) is 19.3. The lowest BCUT2D eigenvalue weighted by Gasteiger charge is -2.32. The summed E-state index contributed by atoms with van der Waals surface area (Å²) in [6.45, 7) is 2.82. The van der Waals surface area contributed by atoms with Gasteiger partial charge in [0.1, 0.15) is 10.7 Å². The minimum atomic E-state index is 0.0315. The molecule has 7 heteroatoms. The average Bonchev–Trinajstić information content (AvgIpc) is 3.30. The molecule has 0 bridgehead atoms. The number of aromatic nitrogens is 1. The van der Waals surface area contributed by atoms with E-state index in [0.717, 1.165) is 48.1 Å². The number of hydrogen-bond donors (Lipinski definition) is 1. The number of nitrogens with one attached hydrogen (secondary N) is 1. The molecule has 3 heterocycles. The van der Waals surface area contributed by atoms with Gasteiger partial charge in [0, 0.05) is 24.0 Å². The first-order chi connectivity index (χ1) is 12.2. The number of likely N-dealkylation sites (tertiary alicyclic amines) is 1. The maximum atomic E-state index is 12.8. The molecule has 1 amide bonds. The second-order valence-electron chi connectivity index (χ2n) is 6.42. The van der Waals surface area contributed by atoms with Crippen LogP contribution < -0.4 is 14.8 Å². The van der Waals surface area contributed by atoms with Gasteiger partial charge in [0.2, 0.25) is 6.79 Å². The van der Waals surface area contributed by atoms with Gasteiger partial charge in [0.15, 0.2) is 11.5 Å². The van der Waals surface area contributed by atoms with Gasteiger partial charge in [0.25, 0.3) is 5.91 Å². The van der Waals surface area contributed by atoms with Crippen molar-refractivity contribution in [1.82, 2.24) is 15.2 Å². The lowest BCUT2D eigenvalue weighted by atomic mass is 9.98. The minimum absolute atomic E-state index is 0.0315. The number of nitrogens with zero attached hydrogens (tertiary/aromatic N) is 2. The van der Waals surface area contributed by atoms with Gasteiger partial charge in [-0.2, -0.15) is 0 Å². The molecular formula is C18H21N3O3S. The highest BCUT2D eigenvalue weighted by Crippen LogP contribution is 2.36. The van der Waals surface area contributed by atoms with E-state index in [2.05, 4.69) is 10.3 Å². The Morgan fingerprint density at radius 3 is 3.16 bits per heavy atom. The Morgan fingerprint density at radius 2 is 2.28 bits per heavy atom. The van der Waals surface area contributed by atoms with Crippen LogP contribution in [0.5, 0.6) is 11.5 Å². The molecule has 0 radical (unpaired) electrons. The Kier molecular flexibility index (Phi) is 4.59. The van der Waals surface area contributed by atoms with Gasteiger partial charge < -0.3 is 19.7 Å². The predicted molar refractivity (Wildman–Crippen MR) is 96.2 cm³/mol. The van der Waals surface area contributed by atoms with E-state index in [-0.39, 0.29) is 12.7 Å². The third-order valence-electron chi connectivity index (χ3n) is 4.64. The van der Waals surface area contributed by atoms with Crippen molar-refractivity contribution in [2.75, 3.05) is 33.5 Å². The molecule has 2 aliphatic heterocycles. The van der Waals surface area contributed by atoms with E-state index >= 15 is 0 Å². The third kappa shape index (κ3) is 3.34. The molecule has 0 aliphatic carbocycles. The molecular weight excluding hydrogens is 338 g/mol. The van der Waals surface area contributed by atoms with Crippen molar-refractivity contribution < 1.29 is 14.3 Å². The monoisotopic (exact) mass is 359 g/mol. The quantitative estimate of drug-likeness (QED) is 0.909. The Labute approximate surface area is 150 Å². The number of amides is 1. The van der Waals surface area contributed by atoms with Crippen LogP contribution >= 0.6 is 11.3 Å². The minimum Gasteiger partial charge on any atom is -0.454 e. The van der Waals surface area contributed by atoms with E-state index in [1.54, 1.807) is 0 Å². The highest BCUT2D eigenvalue weighted by Gasteiger charge is 2.26. The maximum absolute atomic E-state index is 12.8. The van der Waals surface area contributed by atoms with Crippen LogP contribution in [-0.4, -0.2) is 49.3 Å². The molecule has 2 aliphatic rings. The first kappa shape index (κ1) is 16.4. The zero-order valence-electron chi connectivity index (χ0n) is 14.2. The van der Waals surface area contributed by atoms with Crippen molar-refractivity contribution in [3.8, 4) is 22.1 Å². The summed E-state index contributed by atoms with van der Waals surface area (Å²) < 4.78 is 10.8. The van der Waals surface area contributed by atoms with Crippen LogP contribution in [0.4, 0.5) is 0 Å². The number of piperidine rings is 1. The predicted octanol–water partition coefficient (Wildman–Crippen LogP) is 2.61. The fraction of sp³-hybridized carbons (Fsp3) is 0.444. The molecule has 1 aromatic carbocycles. The number of ether oxygens (including phenoxy) is 2. The average molecular weight is 359 g/mol. The van der Waals surface area contributed by atoms with E-state index in [0.29, 0.717) is 11.6 Å². The van der Waals surface area contributed by atoms with E-state index in [1.807, 2.05) is 35.5 Å². The van der Waals surface area contributed by atoms with Gasteiger partial charge in [-0.25, -0.2) is 4.98 Å². The molecule has 1 fully saturated rings. The van der Waals surface area contributed by atoms with Gasteiger partial charge in [-0.1, -0.05) is 0 Å². The molecule has 1 saturated heterocycles. The fourth-order valence-electron chi connectivity index (χ4n) is 3.40. The SMILES string of the molecule is CNCC1CCCN(C(=O)c2csc(-c3ccc4c(c3)OCO4)n2)C1. The van der Waals surface area contributed by atoms with Crippen LogP contribution in [0.15, 0.2) is 23.6 Å². The van der Waals surface area contributed by atoms with Crippen molar-refractivity contribution in [1.29, 1.82) is 0 Å². The smallest absolute Gasteiger partial charge is 0.273 e. The number of carbonyl (C=O) groups excluding carboxylic acids is 1. The second-order valence-corrected chi connectivity index (χ2v) is 7.28. The number of benzene rings is 1. The van der Waals surface area contributed by atoms with Gasteiger partial charge in [0.05, 0.1) is 0 Å². The van der Waals surface area contributed by atoms with Crippen molar-refractivity contribution in [3.63, 3.8) is 0 Å². The molecule has 2 aromatic rings. The maximum Gasteiger partial charge on any atom is 0.273 e. The van der Waals surface area contributed by atoms with Gasteiger partial charge >= 0.3 is 0 Å². The van der Waals surface area contributed by atoms with E-state index < -0.39 is 0 Å². The van der Waals surface area contributed by atoms with Crippen LogP contribution in [0.2, 0.25) is 0 Å². The molecule has 1 N–H and O–H groups in total. The molecule has 6 nitrogen and oxygen atoms in total. The van der Waals surface area contributed by atoms with Crippen molar-refractivity contribution in [2.45, 2.75) is 12.8 Å². The Balaban J connectivity index is 1.50. The van der Waals surface area contributed by atoms with Crippen molar-refractivity contribution >= 4 is 17.2 Å². The highest BCUT2D eigenvalue weighted by molar-refractivity contribution is 7.13. The van der Waals surface area contributed by atoms with Gasteiger partial charge in [-0.05, 0) is 50.6 Å². The molecule has 1 unspecified atom stereocenters. The lowest BCUT2D eigenvalue weighted by Crippen LogP contribution is -2.42. The van der Waals surface area contributed by atoms with Crippen LogP contribution in [0.3, 0.4) is 0 Å². The summed E-state index contributed by atoms with van der Waals surface area (Å²) in [7, 11) is 1.96. The first-order valence-electron chi connectivity index (χ1n) is 8.54. The standard InChI is InChI=1S/C18H21N3O3S/c1-19-8-12-3-2-6-21(9-12)18(22)14-10-25-17(20-14)13-4-5-15-16(7-13)24-11-23-15/h4-5,7,10,12,19H,2-3,6,8-9,11H2,1H3. The molecule has 0 saturated carbocycles. The van der Waals surface area contributed by atoms with Gasteiger partial charge in [-0.15, -0.1) is 11.3 Å². The summed E-state index contributed by atoms with van der Waals surface area (Å²) in [5.74, 6) is 2.03. The summed E-state index contributed by atoms with van der Waals surface area (Å²) in [5.41, 5.74) is 1.47. The Hall–Kier alpha value is -2.12. The third-order valence-corrected chi connectivity index (χ3v) is 5.53. The summed E-state index contributed by atoms with van der Waals surface area (Å²) >= 11 is 1.48. The van der Waals surface area contributed by atoms with Gasteiger partial charge in [-0.3, -0.25) is 4.79 Å². The number of carbonyl (C=O) groups is 1. The normalized spacial score (nSPS) is 19.2. The number of hydrogen-bond acceptors (Lipinski definition) is 6. The molecule has 132 valence electrons. The number of fused-ring (bicyclic) bond motifs is 1. The topological polar surface area (TPSA) is 63.7 Å². The molecule has 1 atom stereocenters. The van der Waals surface area contributed by atoms with Crippen LogP contribution in [0.25, 0.3) is 10.6 Å². The summed E-state index contributed by atoms with van der Waals surface area (Å²) in [6.07, 6.45) is 2.22. The first-order valence-corrected chi connectivity index (χ1v) is 9.42. The van der Waals surface area contributed by atoms with Crippen LogP contribution in [0, 0.1) is 5.92 Å². The second kappa shape index (κ2) is 7.01. The zero-order chi connectivity index (χ0) is 17.2. The number of rotatable bonds is 4. The van der Waals surface area contributed by atoms with E-state index in [4.69, 9.17) is 9.47 Å². The highest BCUT2D eigenvalue weighted by atomic mass is 32.1. The Morgan fingerprint density at radius 1 is 1.40 bits per heavy atom. The zero-order valence-corrected chi connectivity index (χ0v) is 15.0. The molecule has 1 aromatic heterocycles. The van der Waals surface area contributed by atoms with Crippen molar-refractivity contribution in [2.24, 2.45) is 5.92 Å². The summed E-state index contributed by atoms with van der Waals surface area (Å²) in [6, 6.07) is 5.75. The van der Waals surface area contributed by atoms with Crippen LogP contribution in [-0.2, 0) is 0 Å². The lowest BCUT2D eigenvalue weighted by molar-refractivity contribution is 0.0669. The Bertz CT molecular complexity index is 775. The number of thiazole rings is 1. The van der Waals surface area contributed by atoms with E-state index in [9.17, 15) is 4.79 Å². The largest absolute Gasteiger partial charge is 0.454 e.